The number of furan rings is 1. The topological polar surface area (TPSA) is 103 Å². The van der Waals surface area contributed by atoms with Crippen LogP contribution in [0.1, 0.15) is 29.0 Å². The van der Waals surface area contributed by atoms with Crippen molar-refractivity contribution in [1.29, 1.82) is 0 Å². The summed E-state index contributed by atoms with van der Waals surface area (Å²) in [5, 5.41) is -0.236. The Morgan fingerprint density at radius 1 is 1.14 bits per heavy atom. The minimum atomic E-state index is -3.69. The van der Waals surface area contributed by atoms with Gasteiger partial charge in [0.2, 0.25) is 5.09 Å². The van der Waals surface area contributed by atoms with Gasteiger partial charge in [0.1, 0.15) is 18.1 Å². The summed E-state index contributed by atoms with van der Waals surface area (Å²) in [4.78, 5) is 24.2. The second-order valence-corrected chi connectivity index (χ2v) is 8.94. The van der Waals surface area contributed by atoms with Crippen molar-refractivity contribution in [3.63, 3.8) is 0 Å². The largest absolute Gasteiger partial charge is 0.496 e. The maximum absolute atomic E-state index is 12.3. The fraction of sp³-hybridized carbons (Fsp3) is 0.333. The van der Waals surface area contributed by atoms with Gasteiger partial charge in [-0.05, 0) is 30.3 Å². The van der Waals surface area contributed by atoms with Crippen molar-refractivity contribution >= 4 is 37.7 Å². The van der Waals surface area contributed by atoms with Gasteiger partial charge in [0, 0.05) is 25.0 Å². The molecule has 0 atom stereocenters. The first kappa shape index (κ1) is 22.1. The predicted molar refractivity (Wildman–Crippen MR) is 104 cm³/mol. The van der Waals surface area contributed by atoms with Gasteiger partial charge in [-0.1, -0.05) is 15.9 Å². The van der Waals surface area contributed by atoms with Gasteiger partial charge in [0.15, 0.2) is 5.78 Å². The van der Waals surface area contributed by atoms with E-state index in [2.05, 4.69) is 15.9 Å². The molecule has 0 fully saturated rings. The number of halogens is 1. The number of Topliss-reactive ketones (excluding diaryl/α,β-unsaturated/α-hetero) is 1. The van der Waals surface area contributed by atoms with Crippen LogP contribution >= 0.6 is 15.9 Å². The Hall–Kier alpha value is -2.17. The molecule has 0 radical (unpaired) electrons. The summed E-state index contributed by atoms with van der Waals surface area (Å²) in [6.45, 7) is -0.226. The van der Waals surface area contributed by atoms with Crippen LogP contribution in [0.2, 0.25) is 0 Å². The van der Waals surface area contributed by atoms with Gasteiger partial charge in [-0.15, -0.1) is 0 Å². The number of carbonyl (C=O) groups is 2. The van der Waals surface area contributed by atoms with Crippen LogP contribution < -0.4 is 4.74 Å². The van der Waals surface area contributed by atoms with E-state index >= 15 is 0 Å². The van der Waals surface area contributed by atoms with Crippen molar-refractivity contribution in [3.05, 3.63) is 46.1 Å². The second kappa shape index (κ2) is 9.35. The van der Waals surface area contributed by atoms with Crippen molar-refractivity contribution in [2.24, 2.45) is 0 Å². The molecule has 0 saturated heterocycles. The fourth-order valence-corrected chi connectivity index (χ4v) is 3.40. The molecule has 2 aromatic rings. The van der Waals surface area contributed by atoms with Crippen LogP contribution in [0.3, 0.4) is 0 Å². The molecule has 1 heterocycles. The van der Waals surface area contributed by atoms with Crippen molar-refractivity contribution in [3.8, 4) is 5.75 Å². The SMILES string of the molecule is COc1ccc(Br)cc1C(=O)CCC(=O)OCc1ccc(S(=O)(=O)N(C)C)o1. The molecule has 1 aromatic heterocycles. The van der Waals surface area contributed by atoms with Crippen LogP contribution in [0.5, 0.6) is 5.75 Å². The van der Waals surface area contributed by atoms with E-state index in [1.807, 2.05) is 0 Å². The normalized spacial score (nSPS) is 11.5. The Morgan fingerprint density at radius 2 is 1.86 bits per heavy atom. The average Bonchev–Trinajstić information content (AvgIpc) is 3.14. The van der Waals surface area contributed by atoms with Crippen molar-refractivity contribution in [2.75, 3.05) is 21.2 Å². The third kappa shape index (κ3) is 5.43. The van der Waals surface area contributed by atoms with E-state index in [4.69, 9.17) is 13.9 Å². The summed E-state index contributed by atoms with van der Waals surface area (Å²) in [7, 11) is 0.537. The van der Waals surface area contributed by atoms with Crippen LogP contribution in [-0.2, 0) is 26.2 Å². The summed E-state index contributed by atoms with van der Waals surface area (Å²) < 4.78 is 41.0. The minimum absolute atomic E-state index is 0.0515. The first-order chi connectivity index (χ1) is 13.1. The van der Waals surface area contributed by atoms with Crippen molar-refractivity contribution in [1.82, 2.24) is 4.31 Å². The molecule has 0 spiro atoms. The van der Waals surface area contributed by atoms with E-state index in [9.17, 15) is 18.0 Å². The number of carbonyl (C=O) groups excluding carboxylic acids is 2. The van der Waals surface area contributed by atoms with E-state index in [0.717, 1.165) is 8.78 Å². The molecule has 28 heavy (non-hydrogen) atoms. The van der Waals surface area contributed by atoms with Crippen LogP contribution in [-0.4, -0.2) is 45.7 Å². The van der Waals surface area contributed by atoms with Gasteiger partial charge in [0.25, 0.3) is 10.0 Å². The third-order valence-electron chi connectivity index (χ3n) is 3.77. The second-order valence-electron chi connectivity index (χ2n) is 5.94. The quantitative estimate of drug-likeness (QED) is 0.407. The minimum Gasteiger partial charge on any atom is -0.496 e. The van der Waals surface area contributed by atoms with Crippen LogP contribution in [0.15, 0.2) is 44.3 Å². The molecule has 0 aliphatic carbocycles. The monoisotopic (exact) mass is 473 g/mol. The van der Waals surface area contributed by atoms with Gasteiger partial charge in [0.05, 0.1) is 19.1 Å². The number of hydrogen-bond donors (Lipinski definition) is 0. The highest BCUT2D eigenvalue weighted by molar-refractivity contribution is 9.10. The van der Waals surface area contributed by atoms with E-state index in [-0.39, 0.29) is 36.1 Å². The summed E-state index contributed by atoms with van der Waals surface area (Å²) in [6, 6.07) is 7.74. The Balaban J connectivity index is 1.89. The summed E-state index contributed by atoms with van der Waals surface area (Å²) in [6.07, 6.45) is -0.178. The zero-order chi connectivity index (χ0) is 20.9. The van der Waals surface area contributed by atoms with Gasteiger partial charge in [-0.2, -0.15) is 0 Å². The lowest BCUT2D eigenvalue weighted by atomic mass is 10.1. The molecule has 0 N–H and O–H groups in total. The number of hydrogen-bond acceptors (Lipinski definition) is 7. The molecule has 0 bridgehead atoms. The number of sulfonamides is 1. The molecular formula is C18H20BrNO7S. The number of esters is 1. The predicted octanol–water partition coefficient (Wildman–Crippen LogP) is 3.01. The van der Waals surface area contributed by atoms with Crippen LogP contribution in [0.25, 0.3) is 0 Å². The van der Waals surface area contributed by atoms with Gasteiger partial charge >= 0.3 is 5.97 Å². The van der Waals surface area contributed by atoms with E-state index < -0.39 is 16.0 Å². The summed E-state index contributed by atoms with van der Waals surface area (Å²) >= 11 is 3.29. The lowest BCUT2D eigenvalue weighted by molar-refractivity contribution is -0.145. The average molecular weight is 474 g/mol. The highest BCUT2D eigenvalue weighted by Gasteiger charge is 2.22. The molecular weight excluding hydrogens is 454 g/mol. The highest BCUT2D eigenvalue weighted by atomic mass is 79.9. The number of nitrogens with zero attached hydrogens (tertiary/aromatic N) is 1. The smallest absolute Gasteiger partial charge is 0.306 e. The number of methoxy groups -OCH3 is 1. The van der Waals surface area contributed by atoms with Crippen LogP contribution in [0.4, 0.5) is 0 Å². The molecule has 0 unspecified atom stereocenters. The molecule has 1 aromatic carbocycles. The fourth-order valence-electron chi connectivity index (χ4n) is 2.23. The number of benzene rings is 1. The lowest BCUT2D eigenvalue weighted by Crippen LogP contribution is -2.21. The molecule has 0 aliphatic rings. The highest BCUT2D eigenvalue weighted by Crippen LogP contribution is 2.24. The van der Waals surface area contributed by atoms with E-state index in [0.29, 0.717) is 11.3 Å². The van der Waals surface area contributed by atoms with Crippen LogP contribution in [0, 0.1) is 0 Å². The molecule has 152 valence electrons. The molecule has 0 aliphatic heterocycles. The van der Waals surface area contributed by atoms with Gasteiger partial charge in [-0.25, -0.2) is 12.7 Å². The Bertz CT molecular complexity index is 966. The lowest BCUT2D eigenvalue weighted by Gasteiger charge is -2.08. The summed E-state index contributed by atoms with van der Waals surface area (Å²) in [5.74, 6) is -0.247. The first-order valence-electron chi connectivity index (χ1n) is 8.18. The maximum atomic E-state index is 12.3. The number of ether oxygens (including phenoxy) is 2. The Labute approximate surface area is 171 Å². The van der Waals surface area contributed by atoms with E-state index in [1.54, 1.807) is 18.2 Å². The standard InChI is InChI=1S/C18H20BrNO7S/c1-20(2)28(23,24)18-9-5-13(27-18)11-26-17(22)8-6-15(21)14-10-12(19)4-7-16(14)25-3/h4-5,7,9-10H,6,8,11H2,1-3H3. The Morgan fingerprint density at radius 3 is 2.50 bits per heavy atom. The summed E-state index contributed by atoms with van der Waals surface area (Å²) in [5.41, 5.74) is 0.370. The third-order valence-corrected chi connectivity index (χ3v) is 5.95. The van der Waals surface area contributed by atoms with Crippen molar-refractivity contribution < 1.29 is 31.9 Å². The van der Waals surface area contributed by atoms with Crippen molar-refractivity contribution in [2.45, 2.75) is 24.5 Å². The van der Waals surface area contributed by atoms with Gasteiger partial charge < -0.3 is 13.9 Å². The Kier molecular flexibility index (Phi) is 7.39. The zero-order valence-corrected chi connectivity index (χ0v) is 18.0. The molecule has 0 amide bonds. The maximum Gasteiger partial charge on any atom is 0.306 e. The van der Waals surface area contributed by atoms with E-state index in [1.165, 1.54) is 33.3 Å². The molecule has 8 nitrogen and oxygen atoms in total. The first-order valence-corrected chi connectivity index (χ1v) is 10.4. The molecule has 2 rings (SSSR count). The number of rotatable bonds is 9. The number of ketones is 1. The zero-order valence-electron chi connectivity index (χ0n) is 15.6. The molecule has 0 saturated carbocycles. The van der Waals surface area contributed by atoms with Gasteiger partial charge in [-0.3, -0.25) is 9.59 Å². The molecule has 10 heteroatoms.